The molecule has 0 N–H and O–H groups in total. The summed E-state index contributed by atoms with van der Waals surface area (Å²) in [6, 6.07) is 18.6. The molecular formula is C24H31N3O3. The third kappa shape index (κ3) is 4.55. The first kappa shape index (κ1) is 22.0. The van der Waals surface area contributed by atoms with Crippen LogP contribution in [0.2, 0.25) is 0 Å². The van der Waals surface area contributed by atoms with Gasteiger partial charge in [0.25, 0.3) is 0 Å². The summed E-state index contributed by atoms with van der Waals surface area (Å²) in [5.74, 6) is -0.256. The Kier molecular flexibility index (Phi) is 6.29. The van der Waals surface area contributed by atoms with Crippen LogP contribution in [0.25, 0.3) is 0 Å². The fourth-order valence-corrected chi connectivity index (χ4v) is 4.44. The molecule has 0 radical (unpaired) electrons. The van der Waals surface area contributed by atoms with E-state index in [-0.39, 0.29) is 18.4 Å². The third-order valence-electron chi connectivity index (χ3n) is 5.39. The molecule has 1 fully saturated rings. The van der Waals surface area contributed by atoms with Gasteiger partial charge in [0.05, 0.1) is 23.9 Å². The van der Waals surface area contributed by atoms with Crippen molar-refractivity contribution >= 4 is 17.6 Å². The van der Waals surface area contributed by atoms with Gasteiger partial charge >= 0.3 is 6.03 Å². The molecule has 2 aromatic rings. The van der Waals surface area contributed by atoms with Crippen LogP contribution in [0, 0.1) is 0 Å². The first-order valence-electron chi connectivity index (χ1n) is 10.2. The number of urea groups is 1. The van der Waals surface area contributed by atoms with Gasteiger partial charge in [-0.05, 0) is 45.4 Å². The molecule has 0 atom stereocenters. The Labute approximate surface area is 179 Å². The maximum Gasteiger partial charge on any atom is 0.331 e. The number of amides is 3. The molecule has 0 aliphatic carbocycles. The summed E-state index contributed by atoms with van der Waals surface area (Å²) in [5.41, 5.74) is 0.454. The molecule has 0 bridgehead atoms. The molecule has 1 heterocycles. The van der Waals surface area contributed by atoms with Crippen molar-refractivity contribution in [3.8, 4) is 0 Å². The number of carbonyl (C=O) groups is 2. The van der Waals surface area contributed by atoms with Crippen molar-refractivity contribution in [2.24, 2.45) is 0 Å². The largest absolute Gasteiger partial charge is 0.331 e. The summed E-state index contributed by atoms with van der Waals surface area (Å²) in [4.78, 5) is 35.9. The molecule has 3 amide bonds. The molecular weight excluding hydrogens is 378 g/mol. The maximum atomic E-state index is 13.7. The molecule has 0 unspecified atom stereocenters. The predicted molar refractivity (Wildman–Crippen MR) is 118 cm³/mol. The lowest BCUT2D eigenvalue weighted by Gasteiger charge is -2.46. The Morgan fingerprint density at radius 1 is 0.867 bits per heavy atom. The average molecular weight is 410 g/mol. The van der Waals surface area contributed by atoms with Gasteiger partial charge in [-0.3, -0.25) is 4.79 Å². The number of hydrogen-bond acceptors (Lipinski definition) is 4. The number of rotatable bonds is 4. The second-order valence-electron chi connectivity index (χ2n) is 8.97. The number of hydrogen-bond donors (Lipinski definition) is 0. The molecule has 3 rings (SSSR count). The number of imide groups is 1. The number of hydroxylamine groups is 2. The molecule has 2 aromatic carbocycles. The van der Waals surface area contributed by atoms with Crippen LogP contribution in [0.1, 0.15) is 39.7 Å². The summed E-state index contributed by atoms with van der Waals surface area (Å²) < 4.78 is 0. The van der Waals surface area contributed by atoms with Crippen LogP contribution in [-0.2, 0) is 16.2 Å². The molecule has 160 valence electrons. The molecule has 0 spiro atoms. The van der Waals surface area contributed by atoms with E-state index < -0.39 is 11.1 Å². The average Bonchev–Trinajstić information content (AvgIpc) is 2.69. The zero-order valence-corrected chi connectivity index (χ0v) is 18.5. The van der Waals surface area contributed by atoms with Crippen molar-refractivity contribution in [2.45, 2.75) is 51.7 Å². The first-order chi connectivity index (χ1) is 14.2. The molecule has 0 aromatic heterocycles. The van der Waals surface area contributed by atoms with E-state index in [0.29, 0.717) is 18.8 Å². The lowest BCUT2D eigenvalue weighted by molar-refractivity contribution is -0.249. The lowest BCUT2D eigenvalue weighted by atomic mass is 9.92. The summed E-state index contributed by atoms with van der Waals surface area (Å²) in [7, 11) is 1.62. The van der Waals surface area contributed by atoms with Crippen LogP contribution < -0.4 is 4.90 Å². The zero-order chi connectivity index (χ0) is 21.9. The van der Waals surface area contributed by atoms with Gasteiger partial charge < -0.3 is 9.74 Å². The van der Waals surface area contributed by atoms with Crippen LogP contribution in [0.5, 0.6) is 0 Å². The SMILES string of the molecule is CON1C(C)(C)CC(=O)N(c2ccccc2)C(=O)N(Cc2ccccc2)CC1(C)C. The highest BCUT2D eigenvalue weighted by Gasteiger charge is 2.45. The van der Waals surface area contributed by atoms with Crippen molar-refractivity contribution < 1.29 is 14.4 Å². The highest BCUT2D eigenvalue weighted by atomic mass is 16.7. The summed E-state index contributed by atoms with van der Waals surface area (Å²) in [6.07, 6.45) is 0.143. The van der Waals surface area contributed by atoms with Gasteiger partial charge in [-0.1, -0.05) is 48.5 Å². The lowest BCUT2D eigenvalue weighted by Crippen LogP contribution is -2.59. The third-order valence-corrected chi connectivity index (χ3v) is 5.39. The predicted octanol–water partition coefficient (Wildman–Crippen LogP) is 4.47. The minimum atomic E-state index is -0.606. The van der Waals surface area contributed by atoms with E-state index in [1.165, 1.54) is 4.90 Å². The fourth-order valence-electron chi connectivity index (χ4n) is 4.44. The first-order valence-corrected chi connectivity index (χ1v) is 10.2. The Bertz CT molecular complexity index is 881. The van der Waals surface area contributed by atoms with E-state index in [1.807, 2.05) is 81.3 Å². The van der Waals surface area contributed by atoms with Crippen molar-refractivity contribution in [3.05, 3.63) is 66.2 Å². The topological polar surface area (TPSA) is 53.1 Å². The quantitative estimate of drug-likeness (QED) is 0.748. The zero-order valence-electron chi connectivity index (χ0n) is 18.5. The van der Waals surface area contributed by atoms with Gasteiger partial charge in [-0.25, -0.2) is 9.69 Å². The normalized spacial score (nSPS) is 19.9. The monoisotopic (exact) mass is 409 g/mol. The van der Waals surface area contributed by atoms with E-state index in [1.54, 1.807) is 24.1 Å². The fraction of sp³-hybridized carbons (Fsp3) is 0.417. The smallest absolute Gasteiger partial charge is 0.318 e. The van der Waals surface area contributed by atoms with Gasteiger partial charge in [0.2, 0.25) is 5.91 Å². The van der Waals surface area contributed by atoms with E-state index in [9.17, 15) is 9.59 Å². The van der Waals surface area contributed by atoms with E-state index in [2.05, 4.69) is 0 Å². The molecule has 0 saturated carbocycles. The number of nitrogens with zero attached hydrogens (tertiary/aromatic N) is 3. The Morgan fingerprint density at radius 3 is 2.00 bits per heavy atom. The van der Waals surface area contributed by atoms with Crippen LogP contribution in [0.3, 0.4) is 0 Å². The van der Waals surface area contributed by atoms with Gasteiger partial charge in [-0.15, -0.1) is 0 Å². The molecule has 30 heavy (non-hydrogen) atoms. The van der Waals surface area contributed by atoms with Gasteiger partial charge in [0, 0.05) is 19.5 Å². The van der Waals surface area contributed by atoms with E-state index in [0.717, 1.165) is 5.56 Å². The van der Waals surface area contributed by atoms with Crippen molar-refractivity contribution in [3.63, 3.8) is 0 Å². The van der Waals surface area contributed by atoms with Crippen molar-refractivity contribution in [1.29, 1.82) is 0 Å². The number of carbonyl (C=O) groups excluding carboxylic acids is 2. The highest BCUT2D eigenvalue weighted by Crippen LogP contribution is 2.33. The van der Waals surface area contributed by atoms with E-state index >= 15 is 0 Å². The van der Waals surface area contributed by atoms with Crippen LogP contribution in [0.4, 0.5) is 10.5 Å². The van der Waals surface area contributed by atoms with Gasteiger partial charge in [0.15, 0.2) is 0 Å². The summed E-state index contributed by atoms with van der Waals surface area (Å²) >= 11 is 0. The summed E-state index contributed by atoms with van der Waals surface area (Å²) in [6.45, 7) is 8.80. The number of para-hydroxylation sites is 1. The number of anilines is 1. The summed E-state index contributed by atoms with van der Waals surface area (Å²) in [5, 5.41) is 1.84. The molecule has 1 aliphatic heterocycles. The second-order valence-corrected chi connectivity index (χ2v) is 8.97. The van der Waals surface area contributed by atoms with Crippen molar-refractivity contribution in [2.75, 3.05) is 18.6 Å². The van der Waals surface area contributed by atoms with Gasteiger partial charge in [-0.2, -0.15) is 5.06 Å². The van der Waals surface area contributed by atoms with Gasteiger partial charge in [0.1, 0.15) is 0 Å². The van der Waals surface area contributed by atoms with Crippen LogP contribution in [0.15, 0.2) is 60.7 Å². The maximum absolute atomic E-state index is 13.7. The number of benzene rings is 2. The standard InChI is InChI=1S/C24H31N3O3/c1-23(2)16-21(28)26(20-14-10-7-11-15-20)22(29)25(17-19-12-8-6-9-13-19)18-24(3,4)27(23)30-5/h6-15H,16-18H2,1-5H3. The Balaban J connectivity index is 2.09. The van der Waals surface area contributed by atoms with Crippen molar-refractivity contribution in [1.82, 2.24) is 9.96 Å². The molecule has 1 saturated heterocycles. The minimum absolute atomic E-state index is 0.143. The van der Waals surface area contributed by atoms with Crippen LogP contribution >= 0.6 is 0 Å². The molecule has 6 nitrogen and oxygen atoms in total. The van der Waals surface area contributed by atoms with Crippen LogP contribution in [-0.4, -0.2) is 46.6 Å². The Hall–Kier alpha value is -2.70. The highest BCUT2D eigenvalue weighted by molar-refractivity contribution is 6.14. The van der Waals surface area contributed by atoms with E-state index in [4.69, 9.17) is 4.84 Å². The molecule has 6 heteroatoms. The molecule has 1 aliphatic rings. The Morgan fingerprint density at radius 2 is 1.43 bits per heavy atom. The second kappa shape index (κ2) is 8.58. The minimum Gasteiger partial charge on any atom is -0.318 e.